The van der Waals surface area contributed by atoms with Crippen molar-refractivity contribution in [1.29, 1.82) is 0 Å². The van der Waals surface area contributed by atoms with Crippen molar-refractivity contribution in [3.05, 3.63) is 24.0 Å². The van der Waals surface area contributed by atoms with Gasteiger partial charge in [0.15, 0.2) is 0 Å². The Kier molecular flexibility index (Phi) is 4.88. The van der Waals surface area contributed by atoms with Crippen LogP contribution in [0, 0.1) is 0 Å². The first-order valence-corrected chi connectivity index (χ1v) is 6.58. The molecule has 1 heterocycles. The van der Waals surface area contributed by atoms with Crippen molar-refractivity contribution in [2.24, 2.45) is 0 Å². The summed E-state index contributed by atoms with van der Waals surface area (Å²) in [7, 11) is 4.58. The van der Waals surface area contributed by atoms with Crippen LogP contribution in [0.3, 0.4) is 0 Å². The fourth-order valence-electron chi connectivity index (χ4n) is 1.95. The van der Waals surface area contributed by atoms with Crippen molar-refractivity contribution in [2.75, 3.05) is 27.9 Å². The number of rotatable bonds is 6. The zero-order valence-corrected chi connectivity index (χ0v) is 12.8. The predicted molar refractivity (Wildman–Crippen MR) is 77.6 cm³/mol. The van der Waals surface area contributed by atoms with Crippen LogP contribution in [0.5, 0.6) is 17.2 Å². The topological polar surface area (TPSA) is 80.0 Å². The summed E-state index contributed by atoms with van der Waals surface area (Å²) in [5.74, 6) is 0.982. The summed E-state index contributed by atoms with van der Waals surface area (Å²) in [6.45, 7) is 1.97. The quantitative estimate of drug-likeness (QED) is 0.759. The number of hydrogen-bond acceptors (Lipinski definition) is 7. The maximum Gasteiger partial charge on any atom is 0.377 e. The molecule has 0 aliphatic carbocycles. The molecule has 0 radical (unpaired) electrons. The van der Waals surface area contributed by atoms with Crippen molar-refractivity contribution in [3.63, 3.8) is 0 Å². The lowest BCUT2D eigenvalue weighted by atomic mass is 10.1. The van der Waals surface area contributed by atoms with Gasteiger partial charge in [0.2, 0.25) is 5.76 Å². The molecular weight excluding hydrogens is 290 g/mol. The van der Waals surface area contributed by atoms with E-state index in [1.54, 1.807) is 26.2 Å². The predicted octanol–water partition coefficient (Wildman–Crippen LogP) is 2.54. The number of hydrogen-bond donors (Lipinski definition) is 0. The van der Waals surface area contributed by atoms with Crippen LogP contribution in [0.4, 0.5) is 0 Å². The summed E-state index contributed by atoms with van der Waals surface area (Å²) in [5.41, 5.74) is 0.963. The first kappa shape index (κ1) is 15.7. The van der Waals surface area contributed by atoms with Gasteiger partial charge in [-0.1, -0.05) is 5.16 Å². The van der Waals surface area contributed by atoms with Crippen molar-refractivity contribution in [2.45, 2.75) is 6.92 Å². The van der Waals surface area contributed by atoms with Gasteiger partial charge in [0.05, 0.1) is 33.5 Å². The molecule has 7 nitrogen and oxygen atoms in total. The Bertz CT molecular complexity index is 639. The highest BCUT2D eigenvalue weighted by atomic mass is 16.6. The summed E-state index contributed by atoms with van der Waals surface area (Å²) in [6.07, 6.45) is 0. The van der Waals surface area contributed by atoms with Gasteiger partial charge in [-0.05, 0) is 6.92 Å². The third-order valence-electron chi connectivity index (χ3n) is 2.96. The number of benzene rings is 1. The van der Waals surface area contributed by atoms with Crippen molar-refractivity contribution >= 4 is 5.97 Å². The van der Waals surface area contributed by atoms with Crippen molar-refractivity contribution < 1.29 is 28.3 Å². The molecule has 0 aliphatic rings. The maximum absolute atomic E-state index is 11.7. The lowest BCUT2D eigenvalue weighted by Crippen LogP contribution is -2.02. The maximum atomic E-state index is 11.7. The number of carbonyl (C=O) groups excluding carboxylic acids is 1. The number of carbonyl (C=O) groups is 1. The molecule has 2 rings (SSSR count). The van der Waals surface area contributed by atoms with Gasteiger partial charge in [-0.15, -0.1) is 0 Å². The van der Waals surface area contributed by atoms with Gasteiger partial charge in [-0.3, -0.25) is 0 Å². The number of ether oxygens (including phenoxy) is 4. The summed E-state index contributed by atoms with van der Waals surface area (Å²) in [4.78, 5) is 11.7. The van der Waals surface area contributed by atoms with E-state index in [1.807, 2.05) is 0 Å². The van der Waals surface area contributed by atoms with E-state index in [9.17, 15) is 4.79 Å². The van der Waals surface area contributed by atoms with Crippen LogP contribution in [-0.4, -0.2) is 39.1 Å². The van der Waals surface area contributed by atoms with Crippen molar-refractivity contribution in [1.82, 2.24) is 5.16 Å². The molecule has 1 aromatic carbocycles. The standard InChI is InChI=1S/C15H17NO6/c1-5-21-15(17)13-8-10(16-22-13)14-11(19-3)6-9(18-2)7-12(14)20-4/h6-8H,5H2,1-4H3. The molecule has 22 heavy (non-hydrogen) atoms. The van der Waals surface area contributed by atoms with Gasteiger partial charge >= 0.3 is 5.97 Å². The van der Waals surface area contributed by atoms with E-state index in [1.165, 1.54) is 20.3 Å². The highest BCUT2D eigenvalue weighted by molar-refractivity contribution is 5.88. The number of methoxy groups -OCH3 is 3. The molecule has 0 fully saturated rings. The molecule has 0 aliphatic heterocycles. The molecule has 0 bridgehead atoms. The lowest BCUT2D eigenvalue weighted by molar-refractivity contribution is 0.0480. The van der Waals surface area contributed by atoms with E-state index in [4.69, 9.17) is 23.5 Å². The molecule has 2 aromatic rings. The first-order valence-electron chi connectivity index (χ1n) is 6.58. The van der Waals surface area contributed by atoms with Gasteiger partial charge in [-0.25, -0.2) is 4.79 Å². The minimum atomic E-state index is -0.576. The molecule has 0 unspecified atom stereocenters. The van der Waals surface area contributed by atoms with Crippen LogP contribution in [-0.2, 0) is 4.74 Å². The SMILES string of the molecule is CCOC(=O)c1cc(-c2c(OC)cc(OC)cc2OC)no1. The highest BCUT2D eigenvalue weighted by Gasteiger charge is 2.21. The molecule has 1 aromatic heterocycles. The van der Waals surface area contributed by atoms with Gasteiger partial charge in [-0.2, -0.15) is 0 Å². The van der Waals surface area contributed by atoms with E-state index < -0.39 is 5.97 Å². The number of esters is 1. The van der Waals surface area contributed by atoms with Gasteiger partial charge in [0, 0.05) is 18.2 Å². The fraction of sp³-hybridized carbons (Fsp3) is 0.333. The van der Waals surface area contributed by atoms with Crippen LogP contribution < -0.4 is 14.2 Å². The Morgan fingerprint density at radius 1 is 1.09 bits per heavy atom. The normalized spacial score (nSPS) is 10.2. The highest BCUT2D eigenvalue weighted by Crippen LogP contribution is 2.41. The minimum Gasteiger partial charge on any atom is -0.496 e. The third-order valence-corrected chi connectivity index (χ3v) is 2.96. The average molecular weight is 307 g/mol. The fourth-order valence-corrected chi connectivity index (χ4v) is 1.95. The van der Waals surface area contributed by atoms with Crippen LogP contribution in [0.25, 0.3) is 11.3 Å². The Morgan fingerprint density at radius 3 is 2.23 bits per heavy atom. The average Bonchev–Trinajstić information content (AvgIpc) is 3.03. The zero-order chi connectivity index (χ0) is 16.1. The van der Waals surface area contributed by atoms with E-state index in [0.717, 1.165) is 0 Å². The third kappa shape index (κ3) is 2.98. The van der Waals surface area contributed by atoms with E-state index >= 15 is 0 Å². The van der Waals surface area contributed by atoms with Gasteiger partial charge in [0.1, 0.15) is 22.9 Å². The zero-order valence-electron chi connectivity index (χ0n) is 12.8. The number of aromatic nitrogens is 1. The largest absolute Gasteiger partial charge is 0.496 e. The molecule has 0 saturated carbocycles. The summed E-state index contributed by atoms with van der Waals surface area (Å²) >= 11 is 0. The molecule has 7 heteroatoms. The lowest BCUT2D eigenvalue weighted by Gasteiger charge is -2.13. The summed E-state index contributed by atoms with van der Waals surface area (Å²) in [5, 5.41) is 3.89. The molecule has 0 atom stereocenters. The first-order chi connectivity index (χ1) is 10.6. The van der Waals surface area contributed by atoms with Gasteiger partial charge in [0.25, 0.3) is 0 Å². The molecule has 0 spiro atoms. The van der Waals surface area contributed by atoms with Crippen LogP contribution in [0.2, 0.25) is 0 Å². The second kappa shape index (κ2) is 6.84. The second-order valence-corrected chi connectivity index (χ2v) is 4.20. The minimum absolute atomic E-state index is 0.0109. The Morgan fingerprint density at radius 2 is 1.73 bits per heavy atom. The molecule has 118 valence electrons. The van der Waals surface area contributed by atoms with E-state index in [2.05, 4.69) is 5.16 Å². The monoisotopic (exact) mass is 307 g/mol. The molecule has 0 amide bonds. The van der Waals surface area contributed by atoms with E-state index in [0.29, 0.717) is 28.5 Å². The van der Waals surface area contributed by atoms with Gasteiger partial charge < -0.3 is 23.5 Å². The Hall–Kier alpha value is -2.70. The second-order valence-electron chi connectivity index (χ2n) is 4.20. The smallest absolute Gasteiger partial charge is 0.377 e. The Balaban J connectivity index is 2.49. The number of nitrogens with zero attached hydrogens (tertiary/aromatic N) is 1. The summed E-state index contributed by atoms with van der Waals surface area (Å²) in [6, 6.07) is 4.86. The Labute approximate surface area is 127 Å². The van der Waals surface area contributed by atoms with E-state index in [-0.39, 0.29) is 12.4 Å². The van der Waals surface area contributed by atoms with Crippen LogP contribution in [0.15, 0.2) is 22.7 Å². The van der Waals surface area contributed by atoms with Crippen LogP contribution >= 0.6 is 0 Å². The molecule has 0 saturated heterocycles. The molecular formula is C15H17NO6. The van der Waals surface area contributed by atoms with Crippen molar-refractivity contribution in [3.8, 4) is 28.5 Å². The summed E-state index contributed by atoms with van der Waals surface area (Å²) < 4.78 is 25.8. The van der Waals surface area contributed by atoms with Crippen LogP contribution in [0.1, 0.15) is 17.5 Å². The molecule has 0 N–H and O–H groups in total.